The Hall–Kier alpha value is -2.54. The molecule has 7 heteroatoms. The number of carbonyl (C=O) groups excluding carboxylic acids is 1. The Kier molecular flexibility index (Phi) is 4.91. The van der Waals surface area contributed by atoms with Crippen LogP contribution in [-0.2, 0) is 6.18 Å². The minimum atomic E-state index is -4.47. The first-order valence-corrected chi connectivity index (χ1v) is 8.30. The van der Waals surface area contributed by atoms with Gasteiger partial charge in [-0.3, -0.25) is 4.79 Å². The molecule has 0 aromatic heterocycles. The number of halogens is 3. The highest BCUT2D eigenvalue weighted by Gasteiger charge is 2.32. The number of carbonyl (C=O) groups is 1. The minimum Gasteiger partial charge on any atom is -0.369 e. The molecule has 1 aliphatic heterocycles. The van der Waals surface area contributed by atoms with Gasteiger partial charge in [-0.2, -0.15) is 13.2 Å². The van der Waals surface area contributed by atoms with Crippen LogP contribution in [0.5, 0.6) is 0 Å². The van der Waals surface area contributed by atoms with Crippen molar-refractivity contribution in [2.45, 2.75) is 6.18 Å². The van der Waals surface area contributed by atoms with E-state index in [0.717, 1.165) is 19.2 Å². The number of nitrogens with two attached hydrogens (primary N) is 1. The molecular weight excluding hydrogens is 343 g/mol. The molecule has 0 atom stereocenters. The average molecular weight is 363 g/mol. The molecule has 0 bridgehead atoms. The molecule has 4 nitrogen and oxygen atoms in total. The molecule has 0 spiro atoms. The van der Waals surface area contributed by atoms with Crippen LogP contribution < -0.4 is 10.6 Å². The van der Waals surface area contributed by atoms with Crippen molar-refractivity contribution in [2.75, 3.05) is 38.1 Å². The predicted molar refractivity (Wildman–Crippen MR) is 95.1 cm³/mol. The fraction of sp³-hybridized carbons (Fsp3) is 0.316. The van der Waals surface area contributed by atoms with Gasteiger partial charge in [-0.1, -0.05) is 18.2 Å². The van der Waals surface area contributed by atoms with Gasteiger partial charge < -0.3 is 15.5 Å². The molecule has 2 aromatic carbocycles. The molecule has 138 valence electrons. The third-order valence-corrected chi connectivity index (χ3v) is 4.62. The summed E-state index contributed by atoms with van der Waals surface area (Å²) in [6, 6.07) is 10.4. The van der Waals surface area contributed by atoms with Crippen molar-refractivity contribution in [1.29, 1.82) is 0 Å². The third kappa shape index (κ3) is 3.83. The zero-order valence-electron chi connectivity index (χ0n) is 14.4. The van der Waals surface area contributed by atoms with Crippen LogP contribution in [-0.4, -0.2) is 44.0 Å². The number of anilines is 1. The van der Waals surface area contributed by atoms with Crippen molar-refractivity contribution in [3.8, 4) is 11.1 Å². The van der Waals surface area contributed by atoms with Gasteiger partial charge in [-0.05, 0) is 42.4 Å². The van der Waals surface area contributed by atoms with Gasteiger partial charge in [-0.25, -0.2) is 0 Å². The molecule has 0 aliphatic carbocycles. The lowest BCUT2D eigenvalue weighted by Crippen LogP contribution is -2.44. The molecular formula is C19H20F3N3O. The first kappa shape index (κ1) is 18.3. The maximum absolute atomic E-state index is 13.4. The summed E-state index contributed by atoms with van der Waals surface area (Å²) in [5.41, 5.74) is 6.11. The summed E-state index contributed by atoms with van der Waals surface area (Å²) in [7, 11) is 1.98. The van der Waals surface area contributed by atoms with E-state index in [1.807, 2.05) is 11.9 Å². The Labute approximate surface area is 150 Å². The molecule has 0 saturated carbocycles. The lowest BCUT2D eigenvalue weighted by atomic mass is 9.96. The molecule has 1 saturated heterocycles. The zero-order chi connectivity index (χ0) is 18.9. The van der Waals surface area contributed by atoms with E-state index in [0.29, 0.717) is 29.9 Å². The van der Waals surface area contributed by atoms with Gasteiger partial charge in [0.25, 0.3) is 0 Å². The number of rotatable bonds is 3. The maximum Gasteiger partial charge on any atom is 0.416 e. The van der Waals surface area contributed by atoms with Crippen LogP contribution in [0.25, 0.3) is 11.1 Å². The van der Waals surface area contributed by atoms with Gasteiger partial charge >= 0.3 is 6.18 Å². The number of hydrogen-bond acceptors (Lipinski definition) is 3. The Morgan fingerprint density at radius 1 is 1.04 bits per heavy atom. The minimum absolute atomic E-state index is 0.205. The number of primary amides is 1. The summed E-state index contributed by atoms with van der Waals surface area (Å²) >= 11 is 0. The van der Waals surface area contributed by atoms with E-state index in [1.54, 1.807) is 24.3 Å². The van der Waals surface area contributed by atoms with E-state index in [9.17, 15) is 18.0 Å². The van der Waals surface area contributed by atoms with Gasteiger partial charge in [0.15, 0.2) is 0 Å². The number of hydrogen-bond donors (Lipinski definition) is 1. The normalized spacial score (nSPS) is 15.9. The van der Waals surface area contributed by atoms with Crippen LogP contribution in [0.1, 0.15) is 15.9 Å². The Bertz CT molecular complexity index is 812. The maximum atomic E-state index is 13.4. The number of nitrogens with zero attached hydrogens (tertiary/aromatic N) is 2. The fourth-order valence-corrected chi connectivity index (χ4v) is 3.13. The van der Waals surface area contributed by atoms with Gasteiger partial charge in [0, 0.05) is 37.4 Å². The van der Waals surface area contributed by atoms with Crippen molar-refractivity contribution < 1.29 is 18.0 Å². The van der Waals surface area contributed by atoms with Crippen molar-refractivity contribution in [2.24, 2.45) is 5.73 Å². The van der Waals surface area contributed by atoms with Gasteiger partial charge in [0.05, 0.1) is 5.56 Å². The topological polar surface area (TPSA) is 49.6 Å². The van der Waals surface area contributed by atoms with E-state index in [2.05, 4.69) is 4.90 Å². The first-order valence-electron chi connectivity index (χ1n) is 8.30. The summed E-state index contributed by atoms with van der Waals surface area (Å²) in [5.74, 6) is -0.667. The molecule has 2 aromatic rings. The van der Waals surface area contributed by atoms with Crippen LogP contribution in [0.15, 0.2) is 42.5 Å². The Balaban J connectivity index is 2.11. The van der Waals surface area contributed by atoms with E-state index in [1.165, 1.54) is 12.1 Å². The molecule has 1 fully saturated rings. The predicted octanol–water partition coefficient (Wildman–Crippen LogP) is 3.22. The quantitative estimate of drug-likeness (QED) is 0.911. The summed E-state index contributed by atoms with van der Waals surface area (Å²) in [6.07, 6.45) is -4.47. The highest BCUT2D eigenvalue weighted by molar-refractivity contribution is 6.00. The van der Waals surface area contributed by atoms with Crippen molar-refractivity contribution >= 4 is 11.6 Å². The summed E-state index contributed by atoms with van der Waals surface area (Å²) in [5, 5.41) is 0. The molecule has 1 amide bonds. The number of benzene rings is 2. The summed E-state index contributed by atoms with van der Waals surface area (Å²) in [4.78, 5) is 15.8. The van der Waals surface area contributed by atoms with Crippen molar-refractivity contribution in [3.05, 3.63) is 53.6 Å². The molecule has 0 radical (unpaired) electrons. The second-order valence-electron chi connectivity index (χ2n) is 6.47. The smallest absolute Gasteiger partial charge is 0.369 e. The van der Waals surface area contributed by atoms with Crippen LogP contribution >= 0.6 is 0 Å². The van der Waals surface area contributed by atoms with E-state index >= 15 is 0 Å². The van der Waals surface area contributed by atoms with E-state index < -0.39 is 17.6 Å². The first-order chi connectivity index (χ1) is 12.3. The SMILES string of the molecule is CN1CCN(c2cc(-c3ccccc3C(N)=O)cc(C(F)(F)F)c2)CC1. The average Bonchev–Trinajstić information content (AvgIpc) is 2.61. The van der Waals surface area contributed by atoms with E-state index in [4.69, 9.17) is 5.73 Å². The standard InChI is InChI=1S/C19H20F3N3O/c1-24-6-8-25(9-7-24)15-11-13(10-14(12-15)19(20,21)22)16-4-2-3-5-17(16)18(23)26/h2-5,10-12H,6-9H2,1H3,(H2,23,26). The van der Waals surface area contributed by atoms with Crippen molar-refractivity contribution in [3.63, 3.8) is 0 Å². The highest BCUT2D eigenvalue weighted by Crippen LogP contribution is 2.37. The van der Waals surface area contributed by atoms with Crippen LogP contribution in [0.2, 0.25) is 0 Å². The number of piperazine rings is 1. The second-order valence-corrected chi connectivity index (χ2v) is 6.47. The number of alkyl halides is 3. The Morgan fingerprint density at radius 3 is 2.31 bits per heavy atom. The van der Waals surface area contributed by atoms with Gasteiger partial charge in [0.2, 0.25) is 5.91 Å². The molecule has 2 N–H and O–H groups in total. The van der Waals surface area contributed by atoms with Crippen LogP contribution in [0, 0.1) is 0 Å². The highest BCUT2D eigenvalue weighted by atomic mass is 19.4. The summed E-state index contributed by atoms with van der Waals surface area (Å²) in [6.45, 7) is 2.86. The zero-order valence-corrected chi connectivity index (χ0v) is 14.4. The number of amides is 1. The molecule has 1 aliphatic rings. The molecule has 1 heterocycles. The van der Waals surface area contributed by atoms with Gasteiger partial charge in [0.1, 0.15) is 0 Å². The number of likely N-dealkylation sites (N-methyl/N-ethyl adjacent to an activating group) is 1. The molecule has 26 heavy (non-hydrogen) atoms. The fourth-order valence-electron chi connectivity index (χ4n) is 3.13. The lowest BCUT2D eigenvalue weighted by Gasteiger charge is -2.34. The third-order valence-electron chi connectivity index (χ3n) is 4.62. The lowest BCUT2D eigenvalue weighted by molar-refractivity contribution is -0.137. The molecule has 0 unspecified atom stereocenters. The summed E-state index contributed by atoms with van der Waals surface area (Å²) < 4.78 is 40.3. The largest absolute Gasteiger partial charge is 0.416 e. The van der Waals surface area contributed by atoms with Gasteiger partial charge in [-0.15, -0.1) is 0 Å². The van der Waals surface area contributed by atoms with E-state index in [-0.39, 0.29) is 5.56 Å². The van der Waals surface area contributed by atoms with Crippen molar-refractivity contribution in [1.82, 2.24) is 4.90 Å². The second kappa shape index (κ2) is 6.99. The van der Waals surface area contributed by atoms with Crippen LogP contribution in [0.3, 0.4) is 0 Å². The Morgan fingerprint density at radius 2 is 1.69 bits per heavy atom. The monoisotopic (exact) mass is 363 g/mol. The van der Waals surface area contributed by atoms with Crippen LogP contribution in [0.4, 0.5) is 18.9 Å². The molecule has 3 rings (SSSR count).